The Kier molecular flexibility index (Phi) is 5.30. The quantitative estimate of drug-likeness (QED) is 0.419. The van der Waals surface area contributed by atoms with Gasteiger partial charge in [-0.25, -0.2) is 15.0 Å². The number of anilines is 1. The van der Waals surface area contributed by atoms with E-state index in [1.807, 2.05) is 44.2 Å². The van der Waals surface area contributed by atoms with Crippen LogP contribution in [0.5, 0.6) is 5.75 Å². The molecule has 2 aromatic carbocycles. The van der Waals surface area contributed by atoms with Gasteiger partial charge in [0.2, 0.25) is 0 Å². The smallest absolute Gasteiger partial charge is 0.182 e. The van der Waals surface area contributed by atoms with E-state index in [0.29, 0.717) is 27.3 Å². The molecular formula is C21H19Cl2N5O. The van der Waals surface area contributed by atoms with Crippen LogP contribution in [0.25, 0.3) is 22.3 Å². The number of halogens is 2. The fourth-order valence-electron chi connectivity index (χ4n) is 3.50. The number of hydrogen-bond donors (Lipinski definition) is 2. The normalized spacial score (nSPS) is 12.2. The van der Waals surface area contributed by atoms with Crippen molar-refractivity contribution in [3.8, 4) is 16.9 Å². The molecule has 0 aliphatic carbocycles. The lowest BCUT2D eigenvalue weighted by Gasteiger charge is -2.24. The SMILES string of the molecule is COc1c(-c2ccccc2)c(C)c(Cl)c(Cl)c1C(C)Nc1ncnc2nc[nH]c12. The summed E-state index contributed by atoms with van der Waals surface area (Å²) in [5, 5.41) is 4.34. The molecule has 1 atom stereocenters. The summed E-state index contributed by atoms with van der Waals surface area (Å²) in [6, 6.07) is 9.73. The predicted octanol–water partition coefficient (Wildman–Crippen LogP) is 5.82. The van der Waals surface area contributed by atoms with Crippen molar-refractivity contribution >= 4 is 40.2 Å². The molecule has 8 heteroatoms. The standard InChI is InChI=1S/C21H19Cl2N5O/c1-11-14(13-7-5-4-6-8-13)19(29-3)15(17(23)16(11)22)12(2)28-21-18-20(25-9-24-18)26-10-27-21/h4-10,12H,1-3H3,(H2,24,25,26,27,28). The minimum Gasteiger partial charge on any atom is -0.496 e. The Labute approximate surface area is 178 Å². The van der Waals surface area contributed by atoms with Gasteiger partial charge in [-0.3, -0.25) is 0 Å². The third-order valence-electron chi connectivity index (χ3n) is 4.88. The van der Waals surface area contributed by atoms with Crippen molar-refractivity contribution in [1.29, 1.82) is 0 Å². The van der Waals surface area contributed by atoms with Crippen LogP contribution in [-0.2, 0) is 0 Å². The van der Waals surface area contributed by atoms with Gasteiger partial charge in [0, 0.05) is 11.1 Å². The third kappa shape index (κ3) is 3.39. The van der Waals surface area contributed by atoms with Crippen molar-refractivity contribution in [1.82, 2.24) is 19.9 Å². The lowest BCUT2D eigenvalue weighted by Crippen LogP contribution is -2.12. The topological polar surface area (TPSA) is 75.7 Å². The molecule has 4 rings (SSSR count). The zero-order valence-electron chi connectivity index (χ0n) is 16.1. The van der Waals surface area contributed by atoms with Crippen LogP contribution in [0.4, 0.5) is 5.82 Å². The molecule has 6 nitrogen and oxygen atoms in total. The van der Waals surface area contributed by atoms with Crippen LogP contribution >= 0.6 is 23.2 Å². The summed E-state index contributed by atoms with van der Waals surface area (Å²) in [7, 11) is 1.64. The maximum atomic E-state index is 6.70. The third-order valence-corrected chi connectivity index (χ3v) is 5.84. The number of fused-ring (bicyclic) bond motifs is 1. The van der Waals surface area contributed by atoms with Gasteiger partial charge in [0.05, 0.1) is 29.5 Å². The highest BCUT2D eigenvalue weighted by Crippen LogP contribution is 2.47. The van der Waals surface area contributed by atoms with E-state index in [2.05, 4.69) is 25.3 Å². The molecule has 0 radical (unpaired) electrons. The van der Waals surface area contributed by atoms with Gasteiger partial charge in [0.25, 0.3) is 0 Å². The maximum absolute atomic E-state index is 6.70. The fraction of sp³-hybridized carbons (Fsp3) is 0.190. The monoisotopic (exact) mass is 427 g/mol. The molecule has 2 aromatic heterocycles. The van der Waals surface area contributed by atoms with Gasteiger partial charge in [-0.2, -0.15) is 0 Å². The summed E-state index contributed by atoms with van der Waals surface area (Å²) in [6.45, 7) is 3.92. The molecule has 0 saturated carbocycles. The van der Waals surface area contributed by atoms with Crippen molar-refractivity contribution in [2.24, 2.45) is 0 Å². The average Bonchev–Trinajstić information content (AvgIpc) is 3.22. The first-order valence-corrected chi connectivity index (χ1v) is 9.80. The molecule has 148 valence electrons. The Bertz CT molecular complexity index is 1180. The van der Waals surface area contributed by atoms with Crippen molar-refractivity contribution in [2.45, 2.75) is 19.9 Å². The van der Waals surface area contributed by atoms with Crippen LogP contribution in [-0.4, -0.2) is 27.0 Å². The van der Waals surface area contributed by atoms with Gasteiger partial charge >= 0.3 is 0 Å². The summed E-state index contributed by atoms with van der Waals surface area (Å²) < 4.78 is 5.84. The summed E-state index contributed by atoms with van der Waals surface area (Å²) in [6.07, 6.45) is 3.05. The molecular weight excluding hydrogens is 409 g/mol. The van der Waals surface area contributed by atoms with Gasteiger partial charge < -0.3 is 15.0 Å². The second kappa shape index (κ2) is 7.89. The van der Waals surface area contributed by atoms with Crippen LogP contribution in [0.1, 0.15) is 24.1 Å². The molecule has 2 N–H and O–H groups in total. The number of ether oxygens (including phenoxy) is 1. The largest absolute Gasteiger partial charge is 0.496 e. The van der Waals surface area contributed by atoms with Crippen LogP contribution in [0.3, 0.4) is 0 Å². The molecule has 0 spiro atoms. The number of nitrogens with one attached hydrogen (secondary N) is 2. The van der Waals surface area contributed by atoms with Gasteiger partial charge in [0.15, 0.2) is 11.5 Å². The second-order valence-corrected chi connectivity index (χ2v) is 7.39. The Morgan fingerprint density at radius 3 is 2.55 bits per heavy atom. The van der Waals surface area contributed by atoms with E-state index in [4.69, 9.17) is 27.9 Å². The minimum absolute atomic E-state index is 0.251. The summed E-state index contributed by atoms with van der Waals surface area (Å²) in [5.41, 5.74) is 4.85. The van der Waals surface area contributed by atoms with Gasteiger partial charge in [-0.05, 0) is 25.0 Å². The number of benzene rings is 2. The average molecular weight is 428 g/mol. The number of hydrogen-bond acceptors (Lipinski definition) is 5. The van der Waals surface area contributed by atoms with Crippen LogP contribution in [0.2, 0.25) is 10.0 Å². The molecule has 0 saturated heterocycles. The van der Waals surface area contributed by atoms with E-state index < -0.39 is 0 Å². The summed E-state index contributed by atoms with van der Waals surface area (Å²) in [5.74, 6) is 1.30. The summed E-state index contributed by atoms with van der Waals surface area (Å²) in [4.78, 5) is 15.7. The number of aromatic amines is 1. The molecule has 4 aromatic rings. The van der Waals surface area contributed by atoms with E-state index in [-0.39, 0.29) is 6.04 Å². The predicted molar refractivity (Wildman–Crippen MR) is 117 cm³/mol. The Balaban J connectivity index is 1.86. The highest BCUT2D eigenvalue weighted by molar-refractivity contribution is 6.43. The lowest BCUT2D eigenvalue weighted by molar-refractivity contribution is 0.409. The van der Waals surface area contributed by atoms with E-state index in [1.54, 1.807) is 13.4 Å². The van der Waals surface area contributed by atoms with Gasteiger partial charge in [0.1, 0.15) is 17.6 Å². The molecule has 29 heavy (non-hydrogen) atoms. The second-order valence-electron chi connectivity index (χ2n) is 6.63. The number of rotatable bonds is 5. The van der Waals surface area contributed by atoms with Crippen molar-refractivity contribution in [3.05, 3.63) is 64.2 Å². The van der Waals surface area contributed by atoms with E-state index in [9.17, 15) is 0 Å². The molecule has 0 aliphatic rings. The number of imidazole rings is 1. The first kappa shape index (κ1) is 19.5. The molecule has 2 heterocycles. The Morgan fingerprint density at radius 1 is 1.07 bits per heavy atom. The molecule has 0 fully saturated rings. The van der Waals surface area contributed by atoms with E-state index >= 15 is 0 Å². The number of methoxy groups -OCH3 is 1. The lowest BCUT2D eigenvalue weighted by atomic mass is 9.93. The molecule has 0 aliphatic heterocycles. The van der Waals surface area contributed by atoms with Crippen LogP contribution in [0.15, 0.2) is 43.0 Å². The van der Waals surface area contributed by atoms with Crippen molar-refractivity contribution < 1.29 is 4.74 Å². The summed E-state index contributed by atoms with van der Waals surface area (Å²) >= 11 is 13.3. The van der Waals surface area contributed by atoms with Gasteiger partial charge in [-0.15, -0.1) is 0 Å². The zero-order valence-corrected chi connectivity index (χ0v) is 17.6. The number of aromatic nitrogens is 4. The molecule has 0 amide bonds. The Hall–Kier alpha value is -2.83. The van der Waals surface area contributed by atoms with Crippen LogP contribution in [0, 0.1) is 6.92 Å². The number of nitrogens with zero attached hydrogens (tertiary/aromatic N) is 3. The first-order valence-electron chi connectivity index (χ1n) is 9.04. The molecule has 1 unspecified atom stereocenters. The highest BCUT2D eigenvalue weighted by atomic mass is 35.5. The van der Waals surface area contributed by atoms with E-state index in [0.717, 1.165) is 27.8 Å². The molecule has 0 bridgehead atoms. The fourth-order valence-corrected chi connectivity index (χ4v) is 4.09. The maximum Gasteiger partial charge on any atom is 0.182 e. The van der Waals surface area contributed by atoms with Crippen LogP contribution < -0.4 is 10.1 Å². The van der Waals surface area contributed by atoms with Gasteiger partial charge in [-0.1, -0.05) is 53.5 Å². The van der Waals surface area contributed by atoms with Crippen molar-refractivity contribution in [2.75, 3.05) is 12.4 Å². The first-order chi connectivity index (χ1) is 14.0. The van der Waals surface area contributed by atoms with E-state index in [1.165, 1.54) is 6.33 Å². The minimum atomic E-state index is -0.251. The zero-order chi connectivity index (χ0) is 20.5. The highest BCUT2D eigenvalue weighted by Gasteiger charge is 2.26. The van der Waals surface area contributed by atoms with Crippen molar-refractivity contribution in [3.63, 3.8) is 0 Å². The number of H-pyrrole nitrogens is 1. The Morgan fingerprint density at radius 2 is 1.83 bits per heavy atom.